The third kappa shape index (κ3) is 3.60. The lowest BCUT2D eigenvalue weighted by Crippen LogP contribution is -1.97. The van der Waals surface area contributed by atoms with Gasteiger partial charge in [-0.05, 0) is 80.2 Å². The minimum atomic E-state index is 0.939. The summed E-state index contributed by atoms with van der Waals surface area (Å²) in [5.41, 5.74) is 6.79. The van der Waals surface area contributed by atoms with E-state index < -0.39 is 0 Å². The third-order valence-corrected chi connectivity index (χ3v) is 9.49. The van der Waals surface area contributed by atoms with Gasteiger partial charge in [0.2, 0.25) is 0 Å². The molecule has 0 atom stereocenters. The highest BCUT2D eigenvalue weighted by atomic mass is 32.2. The molecule has 0 radical (unpaired) electrons. The maximum atomic E-state index is 4.90. The molecule has 7 aromatic rings. The van der Waals surface area contributed by atoms with Crippen LogP contribution in [0, 0.1) is 0 Å². The summed E-state index contributed by atoms with van der Waals surface area (Å²) in [6, 6.07) is 43.5. The van der Waals surface area contributed by atoms with Crippen LogP contribution in [0.3, 0.4) is 0 Å². The lowest BCUT2D eigenvalue weighted by atomic mass is 9.92. The summed E-state index contributed by atoms with van der Waals surface area (Å²) in [4.78, 5) is 12.2. The number of hydrogen-bond donors (Lipinski definition) is 0. The van der Waals surface area contributed by atoms with Crippen LogP contribution in [0.4, 0.5) is 0 Å². The lowest BCUT2D eigenvalue weighted by Gasteiger charge is -2.18. The quantitative estimate of drug-likeness (QED) is 0.212. The Morgan fingerprint density at radius 2 is 1.05 bits per heavy atom. The molecule has 1 aliphatic rings. The van der Waals surface area contributed by atoms with Crippen LogP contribution in [0.25, 0.3) is 54.8 Å². The van der Waals surface area contributed by atoms with Crippen molar-refractivity contribution in [2.24, 2.45) is 0 Å². The molecule has 2 heterocycles. The molecule has 0 saturated heterocycles. The predicted octanol–water partition coefficient (Wildman–Crippen LogP) is 9.89. The van der Waals surface area contributed by atoms with Crippen molar-refractivity contribution in [1.29, 1.82) is 0 Å². The second-order valence-electron chi connectivity index (χ2n) is 9.46. The highest BCUT2D eigenvalue weighted by molar-refractivity contribution is 8.05. The lowest BCUT2D eigenvalue weighted by molar-refractivity contribution is 0.953. The fourth-order valence-corrected chi connectivity index (χ4v) is 7.44. The Hall–Kier alpha value is -4.12. The summed E-state index contributed by atoms with van der Waals surface area (Å²) >= 11 is 3.42. The molecule has 1 aliphatic heterocycles. The van der Waals surface area contributed by atoms with Gasteiger partial charge in [-0.25, -0.2) is 9.97 Å². The summed E-state index contributed by atoms with van der Waals surface area (Å²) < 4.78 is 0. The molecule has 178 valence electrons. The Bertz CT molecular complexity index is 2050. The van der Waals surface area contributed by atoms with Gasteiger partial charge in [-0.15, -0.1) is 0 Å². The molecule has 0 amide bonds. The molecule has 4 heteroatoms. The van der Waals surface area contributed by atoms with E-state index in [9.17, 15) is 0 Å². The van der Waals surface area contributed by atoms with Crippen molar-refractivity contribution in [2.75, 3.05) is 0 Å². The Morgan fingerprint density at radius 1 is 0.421 bits per heavy atom. The van der Waals surface area contributed by atoms with Crippen LogP contribution in [-0.2, 0) is 0 Å². The first kappa shape index (κ1) is 21.9. The van der Waals surface area contributed by atoms with Crippen LogP contribution in [0.2, 0.25) is 0 Å². The molecule has 1 aromatic heterocycles. The van der Waals surface area contributed by atoms with Gasteiger partial charge in [0.05, 0.1) is 11.0 Å². The molecule has 0 bridgehead atoms. The van der Waals surface area contributed by atoms with Crippen LogP contribution >= 0.6 is 23.5 Å². The summed E-state index contributed by atoms with van der Waals surface area (Å²) in [6.07, 6.45) is 0. The van der Waals surface area contributed by atoms with Crippen molar-refractivity contribution in [2.45, 2.75) is 19.8 Å². The van der Waals surface area contributed by atoms with Crippen molar-refractivity contribution < 1.29 is 0 Å². The van der Waals surface area contributed by atoms with Gasteiger partial charge < -0.3 is 0 Å². The normalized spacial score (nSPS) is 12.5. The third-order valence-electron chi connectivity index (χ3n) is 7.14. The van der Waals surface area contributed by atoms with E-state index in [1.807, 2.05) is 24.3 Å². The first-order valence-corrected chi connectivity index (χ1v) is 14.2. The van der Waals surface area contributed by atoms with E-state index in [-0.39, 0.29) is 0 Å². The SMILES string of the molecule is c1cc(-c2ccc3c(c2)Sc2nc4ccccc4nc2S3)cc(-c2cc3ccccc3c3ccccc23)c1. The standard InChI is InChI=1S/C34H20N2S2/c1-2-11-25-24(8-1)19-28(27-13-4-3-12-26(25)27)23-10-7-9-21(18-23)22-16-17-31-32(20-22)38-34-33(37-31)35-29-14-5-6-15-30(29)36-34/h1-20H. The van der Waals surface area contributed by atoms with Crippen molar-refractivity contribution in [3.05, 3.63) is 121 Å². The van der Waals surface area contributed by atoms with Gasteiger partial charge in [0.25, 0.3) is 0 Å². The van der Waals surface area contributed by atoms with E-state index in [2.05, 4.69) is 97.1 Å². The Labute approximate surface area is 228 Å². The van der Waals surface area contributed by atoms with Gasteiger partial charge in [-0.1, -0.05) is 108 Å². The highest BCUT2D eigenvalue weighted by Gasteiger charge is 2.21. The summed E-state index contributed by atoms with van der Waals surface area (Å²) in [5, 5.41) is 7.10. The first-order chi connectivity index (χ1) is 18.8. The number of benzene rings is 6. The van der Waals surface area contributed by atoms with Crippen molar-refractivity contribution in [3.8, 4) is 22.3 Å². The van der Waals surface area contributed by atoms with E-state index >= 15 is 0 Å². The van der Waals surface area contributed by atoms with Gasteiger partial charge in [-0.2, -0.15) is 0 Å². The van der Waals surface area contributed by atoms with Gasteiger partial charge >= 0.3 is 0 Å². The second-order valence-corrected chi connectivity index (χ2v) is 11.5. The summed E-state index contributed by atoms with van der Waals surface area (Å²) in [5.74, 6) is 0. The minimum absolute atomic E-state index is 0.939. The van der Waals surface area contributed by atoms with Crippen LogP contribution in [0.15, 0.2) is 141 Å². The summed E-state index contributed by atoms with van der Waals surface area (Å²) in [6.45, 7) is 0. The van der Waals surface area contributed by atoms with Gasteiger partial charge in [0.15, 0.2) is 0 Å². The minimum Gasteiger partial charge on any atom is -0.237 e. The molecule has 8 rings (SSSR count). The maximum Gasteiger partial charge on any atom is 0.134 e. The monoisotopic (exact) mass is 520 g/mol. The molecule has 0 saturated carbocycles. The van der Waals surface area contributed by atoms with E-state index in [1.54, 1.807) is 23.5 Å². The molecule has 38 heavy (non-hydrogen) atoms. The van der Waals surface area contributed by atoms with Gasteiger partial charge in [0, 0.05) is 9.79 Å². The van der Waals surface area contributed by atoms with Gasteiger partial charge in [-0.3, -0.25) is 0 Å². The van der Waals surface area contributed by atoms with Gasteiger partial charge in [0.1, 0.15) is 10.1 Å². The van der Waals surface area contributed by atoms with Crippen LogP contribution in [-0.4, -0.2) is 9.97 Å². The van der Waals surface area contributed by atoms with Crippen LogP contribution in [0.5, 0.6) is 0 Å². The Balaban J connectivity index is 1.21. The molecule has 2 nitrogen and oxygen atoms in total. The van der Waals surface area contributed by atoms with E-state index in [1.165, 1.54) is 53.6 Å². The molecule has 0 spiro atoms. The molecular weight excluding hydrogens is 501 g/mol. The number of fused-ring (bicyclic) bond motifs is 6. The summed E-state index contributed by atoms with van der Waals surface area (Å²) in [7, 11) is 0. The van der Waals surface area contributed by atoms with E-state index in [0.29, 0.717) is 0 Å². The zero-order chi connectivity index (χ0) is 25.1. The average Bonchev–Trinajstić information content (AvgIpc) is 2.98. The number of rotatable bonds is 2. The van der Waals surface area contributed by atoms with Crippen LogP contribution in [0.1, 0.15) is 0 Å². The zero-order valence-corrected chi connectivity index (χ0v) is 21.9. The predicted molar refractivity (Wildman–Crippen MR) is 160 cm³/mol. The smallest absolute Gasteiger partial charge is 0.134 e. The van der Waals surface area contributed by atoms with Crippen molar-refractivity contribution in [1.82, 2.24) is 9.97 Å². The molecule has 0 aliphatic carbocycles. The Kier molecular flexibility index (Phi) is 5.03. The van der Waals surface area contributed by atoms with E-state index in [0.717, 1.165) is 21.1 Å². The largest absolute Gasteiger partial charge is 0.237 e. The topological polar surface area (TPSA) is 25.8 Å². The highest BCUT2D eigenvalue weighted by Crippen LogP contribution is 2.48. The zero-order valence-electron chi connectivity index (χ0n) is 20.3. The Morgan fingerprint density at radius 3 is 1.87 bits per heavy atom. The molecule has 6 aromatic carbocycles. The molecule has 0 N–H and O–H groups in total. The molecular formula is C34H20N2S2. The first-order valence-electron chi connectivity index (χ1n) is 12.6. The second kappa shape index (κ2) is 8.73. The van der Waals surface area contributed by atoms with Crippen LogP contribution < -0.4 is 0 Å². The number of para-hydroxylation sites is 2. The van der Waals surface area contributed by atoms with Crippen molar-refractivity contribution in [3.63, 3.8) is 0 Å². The fourth-order valence-electron chi connectivity index (χ4n) is 5.32. The molecule has 0 fully saturated rings. The van der Waals surface area contributed by atoms with E-state index in [4.69, 9.17) is 9.97 Å². The maximum absolute atomic E-state index is 4.90. The average molecular weight is 521 g/mol. The molecule has 0 unspecified atom stereocenters. The van der Waals surface area contributed by atoms with Crippen molar-refractivity contribution >= 4 is 56.1 Å². The fraction of sp³-hybridized carbons (Fsp3) is 0. The number of hydrogen-bond acceptors (Lipinski definition) is 4. The number of nitrogens with zero attached hydrogens (tertiary/aromatic N) is 2. The number of aromatic nitrogens is 2.